The van der Waals surface area contributed by atoms with E-state index in [9.17, 15) is 0 Å². The van der Waals surface area contributed by atoms with Gasteiger partial charge in [-0.1, -0.05) is 20.4 Å². The van der Waals surface area contributed by atoms with Gasteiger partial charge in [0, 0.05) is 11.7 Å². The lowest BCUT2D eigenvalue weighted by atomic mass is 10.1. The molecule has 0 aliphatic carbocycles. The zero-order chi connectivity index (χ0) is 8.15. The van der Waals surface area contributed by atoms with E-state index in [0.717, 1.165) is 11.6 Å². The second kappa shape index (κ2) is 4.37. The van der Waals surface area contributed by atoms with Crippen LogP contribution in [0.15, 0.2) is 12.3 Å². The molecule has 0 aliphatic heterocycles. The van der Waals surface area contributed by atoms with Gasteiger partial charge in [0.15, 0.2) is 0 Å². The van der Waals surface area contributed by atoms with E-state index in [1.807, 2.05) is 6.92 Å². The highest BCUT2D eigenvalue weighted by Crippen LogP contribution is 2.04. The van der Waals surface area contributed by atoms with Gasteiger partial charge >= 0.3 is 0 Å². The Labute approximate surface area is 64.5 Å². The summed E-state index contributed by atoms with van der Waals surface area (Å²) in [5.41, 5.74) is 1.06. The first kappa shape index (κ1) is 9.54. The molecule has 1 unspecified atom stereocenters. The molecular weight excluding hydrogens is 122 g/mol. The highest BCUT2D eigenvalue weighted by molar-refractivity contribution is 4.87. The molecule has 1 N–H and O–H groups in total. The van der Waals surface area contributed by atoms with E-state index in [4.69, 9.17) is 0 Å². The Hall–Kier alpha value is -0.460. The van der Waals surface area contributed by atoms with Gasteiger partial charge in [-0.05, 0) is 26.2 Å². The number of nitrogens with one attached hydrogen (secondary N) is 1. The predicted molar refractivity (Wildman–Crippen MR) is 46.9 cm³/mol. The predicted octanol–water partition coefficient (Wildman–Crippen LogP) is 2.54. The van der Waals surface area contributed by atoms with Crippen molar-refractivity contribution < 1.29 is 0 Å². The maximum atomic E-state index is 3.79. The molecule has 0 aromatic heterocycles. The monoisotopic (exact) mass is 141 g/mol. The standard InChI is InChI=1S/C9H19N/c1-7(2)6-9(5)10-8(3)4/h7,9-10H,3,6H2,1-2,4-5H3. The molecule has 0 spiro atoms. The summed E-state index contributed by atoms with van der Waals surface area (Å²) in [6, 6.07) is 0.567. The van der Waals surface area contributed by atoms with Gasteiger partial charge in [-0.15, -0.1) is 0 Å². The third-order valence-corrected chi connectivity index (χ3v) is 1.32. The summed E-state index contributed by atoms with van der Waals surface area (Å²) in [5.74, 6) is 0.766. The fourth-order valence-corrected chi connectivity index (χ4v) is 1.19. The van der Waals surface area contributed by atoms with Crippen LogP contribution in [0.5, 0.6) is 0 Å². The molecule has 0 aromatic rings. The molecular formula is C9H19N. The van der Waals surface area contributed by atoms with Crippen molar-refractivity contribution in [3.63, 3.8) is 0 Å². The van der Waals surface area contributed by atoms with Crippen LogP contribution in [0, 0.1) is 5.92 Å². The maximum Gasteiger partial charge on any atom is 0.0232 e. The Balaban J connectivity index is 3.43. The number of rotatable bonds is 4. The average molecular weight is 141 g/mol. The lowest BCUT2D eigenvalue weighted by Crippen LogP contribution is -2.24. The van der Waals surface area contributed by atoms with Crippen LogP contribution in [0.2, 0.25) is 0 Å². The molecule has 0 aliphatic rings. The maximum absolute atomic E-state index is 3.79. The first-order chi connectivity index (χ1) is 4.52. The van der Waals surface area contributed by atoms with Crippen LogP contribution in [0.4, 0.5) is 0 Å². The molecule has 0 radical (unpaired) electrons. The SMILES string of the molecule is C=C(C)NC(C)CC(C)C. The van der Waals surface area contributed by atoms with Crippen molar-refractivity contribution in [2.75, 3.05) is 0 Å². The van der Waals surface area contributed by atoms with Gasteiger partial charge < -0.3 is 5.32 Å². The third-order valence-electron chi connectivity index (χ3n) is 1.32. The van der Waals surface area contributed by atoms with Crippen LogP contribution in [-0.2, 0) is 0 Å². The minimum Gasteiger partial charge on any atom is -0.387 e. The lowest BCUT2D eigenvalue weighted by Gasteiger charge is -2.16. The Morgan fingerprint density at radius 3 is 2.20 bits per heavy atom. The zero-order valence-corrected chi connectivity index (χ0v) is 7.57. The van der Waals surface area contributed by atoms with Crippen molar-refractivity contribution in [3.05, 3.63) is 12.3 Å². The fraction of sp³-hybridized carbons (Fsp3) is 0.778. The second-order valence-corrected chi connectivity index (χ2v) is 3.46. The highest BCUT2D eigenvalue weighted by Gasteiger charge is 2.02. The van der Waals surface area contributed by atoms with Crippen LogP contribution in [0.1, 0.15) is 34.1 Å². The Bertz CT molecular complexity index is 105. The minimum absolute atomic E-state index is 0.567. The molecule has 1 heteroatoms. The van der Waals surface area contributed by atoms with E-state index in [0.29, 0.717) is 6.04 Å². The Morgan fingerprint density at radius 2 is 1.90 bits per heavy atom. The third kappa shape index (κ3) is 5.67. The molecule has 0 bridgehead atoms. The molecule has 0 aromatic carbocycles. The summed E-state index contributed by atoms with van der Waals surface area (Å²) in [4.78, 5) is 0. The normalized spacial score (nSPS) is 13.3. The smallest absolute Gasteiger partial charge is 0.0232 e. The quantitative estimate of drug-likeness (QED) is 0.634. The molecule has 10 heavy (non-hydrogen) atoms. The molecule has 0 heterocycles. The molecule has 0 saturated carbocycles. The van der Waals surface area contributed by atoms with Crippen molar-refractivity contribution in [3.8, 4) is 0 Å². The molecule has 0 fully saturated rings. The summed E-state index contributed by atoms with van der Waals surface area (Å²) in [6.07, 6.45) is 1.22. The molecule has 1 atom stereocenters. The number of hydrogen-bond acceptors (Lipinski definition) is 1. The molecule has 0 saturated heterocycles. The van der Waals surface area contributed by atoms with Crippen LogP contribution < -0.4 is 5.32 Å². The minimum atomic E-state index is 0.567. The van der Waals surface area contributed by atoms with E-state index in [1.54, 1.807) is 0 Å². The first-order valence-corrected chi connectivity index (χ1v) is 3.94. The topological polar surface area (TPSA) is 12.0 Å². The number of allylic oxidation sites excluding steroid dienone is 1. The number of hydrogen-bond donors (Lipinski definition) is 1. The van der Waals surface area contributed by atoms with Gasteiger partial charge in [0.2, 0.25) is 0 Å². The summed E-state index contributed by atoms with van der Waals surface area (Å²) in [5, 5.41) is 3.28. The average Bonchev–Trinajstić information content (AvgIpc) is 1.58. The molecule has 1 nitrogen and oxygen atoms in total. The largest absolute Gasteiger partial charge is 0.387 e. The molecule has 0 amide bonds. The summed E-state index contributed by atoms with van der Waals surface area (Å²) >= 11 is 0. The fourth-order valence-electron chi connectivity index (χ4n) is 1.19. The van der Waals surface area contributed by atoms with Crippen LogP contribution in [0.3, 0.4) is 0 Å². The van der Waals surface area contributed by atoms with Crippen molar-refractivity contribution in [1.82, 2.24) is 5.32 Å². The van der Waals surface area contributed by atoms with Crippen LogP contribution >= 0.6 is 0 Å². The summed E-state index contributed by atoms with van der Waals surface area (Å²) < 4.78 is 0. The van der Waals surface area contributed by atoms with E-state index in [2.05, 4.69) is 32.7 Å². The lowest BCUT2D eigenvalue weighted by molar-refractivity contribution is 0.472. The van der Waals surface area contributed by atoms with Crippen LogP contribution in [0.25, 0.3) is 0 Å². The first-order valence-electron chi connectivity index (χ1n) is 3.94. The van der Waals surface area contributed by atoms with Crippen molar-refractivity contribution >= 4 is 0 Å². The van der Waals surface area contributed by atoms with E-state index < -0.39 is 0 Å². The van der Waals surface area contributed by atoms with E-state index >= 15 is 0 Å². The van der Waals surface area contributed by atoms with Gasteiger partial charge in [0.05, 0.1) is 0 Å². The van der Waals surface area contributed by atoms with E-state index in [-0.39, 0.29) is 0 Å². The summed E-state index contributed by atoms with van der Waals surface area (Å²) in [6.45, 7) is 12.4. The van der Waals surface area contributed by atoms with Gasteiger partial charge in [-0.3, -0.25) is 0 Å². The van der Waals surface area contributed by atoms with Crippen molar-refractivity contribution in [2.45, 2.75) is 40.2 Å². The van der Waals surface area contributed by atoms with Crippen molar-refractivity contribution in [2.24, 2.45) is 5.92 Å². The second-order valence-electron chi connectivity index (χ2n) is 3.46. The molecule has 60 valence electrons. The Kier molecular flexibility index (Phi) is 4.17. The van der Waals surface area contributed by atoms with Gasteiger partial charge in [0.1, 0.15) is 0 Å². The highest BCUT2D eigenvalue weighted by atomic mass is 14.9. The summed E-state index contributed by atoms with van der Waals surface area (Å²) in [7, 11) is 0. The Morgan fingerprint density at radius 1 is 1.40 bits per heavy atom. The van der Waals surface area contributed by atoms with Crippen molar-refractivity contribution in [1.29, 1.82) is 0 Å². The molecule has 0 rings (SSSR count). The van der Waals surface area contributed by atoms with Gasteiger partial charge in [-0.2, -0.15) is 0 Å². The van der Waals surface area contributed by atoms with Crippen LogP contribution in [-0.4, -0.2) is 6.04 Å². The zero-order valence-electron chi connectivity index (χ0n) is 7.57. The van der Waals surface area contributed by atoms with Gasteiger partial charge in [0.25, 0.3) is 0 Å². The van der Waals surface area contributed by atoms with E-state index in [1.165, 1.54) is 6.42 Å². The van der Waals surface area contributed by atoms with Gasteiger partial charge in [-0.25, -0.2) is 0 Å².